The normalized spacial score (nSPS) is 10.8. The number of nitrogens with one attached hydrogen (secondary N) is 1. The molecule has 0 radical (unpaired) electrons. The zero-order valence-corrected chi connectivity index (χ0v) is 12.3. The number of benzene rings is 1. The first-order valence-electron chi connectivity index (χ1n) is 6.43. The van der Waals surface area contributed by atoms with Gasteiger partial charge in [-0.25, -0.2) is 4.79 Å². The van der Waals surface area contributed by atoms with E-state index in [1.165, 1.54) is 6.07 Å². The maximum atomic E-state index is 11.1. The Morgan fingerprint density at radius 1 is 1.38 bits per heavy atom. The van der Waals surface area contributed by atoms with Gasteiger partial charge in [-0.3, -0.25) is 0 Å². The van der Waals surface area contributed by atoms with E-state index in [4.69, 9.17) is 25.9 Å². The number of furan rings is 1. The molecule has 0 spiro atoms. The Kier molecular flexibility index (Phi) is 5.38. The highest BCUT2D eigenvalue weighted by atomic mass is 35.5. The summed E-state index contributed by atoms with van der Waals surface area (Å²) < 4.78 is 10.6. The number of hydrogen-bond acceptors (Lipinski definition) is 4. The highest BCUT2D eigenvalue weighted by Crippen LogP contribution is 2.26. The second-order valence-corrected chi connectivity index (χ2v) is 4.84. The molecule has 0 aliphatic carbocycles. The van der Waals surface area contributed by atoms with Gasteiger partial charge in [0.25, 0.3) is 0 Å². The molecule has 2 aromatic rings. The van der Waals surface area contributed by atoms with Crippen molar-refractivity contribution < 1.29 is 19.1 Å². The van der Waals surface area contributed by atoms with E-state index < -0.39 is 5.97 Å². The Balaban J connectivity index is 2.10. The second kappa shape index (κ2) is 7.26. The molecule has 112 valence electrons. The summed E-state index contributed by atoms with van der Waals surface area (Å²) in [6.45, 7) is 1.95. The van der Waals surface area contributed by atoms with Crippen LogP contribution in [0.1, 0.15) is 16.1 Å². The summed E-state index contributed by atoms with van der Waals surface area (Å²) in [6, 6.07) is 8.45. The second-order valence-electron chi connectivity index (χ2n) is 4.44. The summed E-state index contributed by atoms with van der Waals surface area (Å²) in [5, 5.41) is 12.5. The molecule has 1 aromatic heterocycles. The molecule has 0 saturated heterocycles. The number of carbonyl (C=O) groups is 1. The minimum Gasteiger partial charge on any atom is -0.478 e. The molecule has 2 N–H and O–H groups in total. The third-order valence-electron chi connectivity index (χ3n) is 2.93. The molecule has 1 aromatic carbocycles. The van der Waals surface area contributed by atoms with Crippen molar-refractivity contribution in [1.29, 1.82) is 0 Å². The van der Waals surface area contributed by atoms with Crippen LogP contribution in [0.5, 0.6) is 0 Å². The Morgan fingerprint density at radius 2 is 2.19 bits per heavy atom. The number of ether oxygens (including phenoxy) is 1. The van der Waals surface area contributed by atoms with E-state index in [2.05, 4.69) is 5.32 Å². The van der Waals surface area contributed by atoms with Gasteiger partial charge in [-0.2, -0.15) is 0 Å². The number of carboxylic acids is 1. The molecule has 0 unspecified atom stereocenters. The van der Waals surface area contributed by atoms with Crippen LogP contribution in [-0.4, -0.2) is 31.3 Å². The number of halogens is 1. The van der Waals surface area contributed by atoms with Crippen molar-refractivity contribution in [3.63, 3.8) is 0 Å². The number of aromatic carboxylic acids is 1. The Hall–Kier alpha value is -1.82. The Labute approximate surface area is 127 Å². The van der Waals surface area contributed by atoms with Crippen LogP contribution in [-0.2, 0) is 11.3 Å². The number of carboxylic acid groups (broad SMARTS) is 1. The molecule has 0 fully saturated rings. The largest absolute Gasteiger partial charge is 0.478 e. The summed E-state index contributed by atoms with van der Waals surface area (Å²) in [7, 11) is 1.65. The molecule has 6 heteroatoms. The maximum absolute atomic E-state index is 11.1. The highest BCUT2D eigenvalue weighted by molar-refractivity contribution is 6.33. The summed E-state index contributed by atoms with van der Waals surface area (Å²) in [6.07, 6.45) is 0. The maximum Gasteiger partial charge on any atom is 0.337 e. The minimum absolute atomic E-state index is 0.0605. The molecule has 0 aliphatic heterocycles. The molecule has 0 atom stereocenters. The van der Waals surface area contributed by atoms with Gasteiger partial charge in [0.15, 0.2) is 0 Å². The molecule has 1 heterocycles. The van der Waals surface area contributed by atoms with Crippen molar-refractivity contribution in [2.45, 2.75) is 6.54 Å². The summed E-state index contributed by atoms with van der Waals surface area (Å²) in [4.78, 5) is 11.1. The molecule has 0 amide bonds. The lowest BCUT2D eigenvalue weighted by molar-refractivity contribution is 0.0697. The van der Waals surface area contributed by atoms with Crippen molar-refractivity contribution in [2.75, 3.05) is 20.3 Å². The fourth-order valence-corrected chi connectivity index (χ4v) is 2.05. The Bertz CT molecular complexity index is 624. The van der Waals surface area contributed by atoms with Gasteiger partial charge in [0.05, 0.1) is 23.7 Å². The van der Waals surface area contributed by atoms with E-state index in [1.807, 2.05) is 12.1 Å². The predicted octanol–water partition coefficient (Wildman–Crippen LogP) is 3.03. The number of rotatable bonds is 7. The zero-order valence-electron chi connectivity index (χ0n) is 11.6. The van der Waals surface area contributed by atoms with Crippen molar-refractivity contribution >= 4 is 17.6 Å². The first kappa shape index (κ1) is 15.6. The topological polar surface area (TPSA) is 71.7 Å². The SMILES string of the molecule is COCCNCc1ccc(-c2ccc(Cl)c(C(=O)O)c2)o1. The molecule has 0 aliphatic rings. The van der Waals surface area contributed by atoms with Crippen molar-refractivity contribution in [1.82, 2.24) is 5.32 Å². The van der Waals surface area contributed by atoms with Crippen LogP contribution in [0, 0.1) is 0 Å². The van der Waals surface area contributed by atoms with Crippen molar-refractivity contribution in [3.05, 3.63) is 46.7 Å². The average molecular weight is 310 g/mol. The van der Waals surface area contributed by atoms with E-state index in [9.17, 15) is 4.79 Å². The predicted molar refractivity (Wildman–Crippen MR) is 79.7 cm³/mol. The molecular weight excluding hydrogens is 294 g/mol. The lowest BCUT2D eigenvalue weighted by atomic mass is 10.1. The van der Waals surface area contributed by atoms with Gasteiger partial charge in [-0.15, -0.1) is 0 Å². The monoisotopic (exact) mass is 309 g/mol. The van der Waals surface area contributed by atoms with Gasteiger partial charge in [0.2, 0.25) is 0 Å². The molecule has 0 saturated carbocycles. The van der Waals surface area contributed by atoms with Crippen LogP contribution in [0.15, 0.2) is 34.7 Å². The van der Waals surface area contributed by atoms with Gasteiger partial charge < -0.3 is 19.6 Å². The third kappa shape index (κ3) is 4.07. The first-order valence-corrected chi connectivity index (χ1v) is 6.81. The van der Waals surface area contributed by atoms with Crippen LogP contribution < -0.4 is 5.32 Å². The van der Waals surface area contributed by atoms with Gasteiger partial charge in [0.1, 0.15) is 11.5 Å². The minimum atomic E-state index is -1.06. The van der Waals surface area contributed by atoms with Crippen LogP contribution >= 0.6 is 11.6 Å². The summed E-state index contributed by atoms with van der Waals surface area (Å²) in [5.74, 6) is 0.320. The van der Waals surface area contributed by atoms with Crippen molar-refractivity contribution in [3.8, 4) is 11.3 Å². The van der Waals surface area contributed by atoms with Crippen LogP contribution in [0.2, 0.25) is 5.02 Å². The summed E-state index contributed by atoms with van der Waals surface area (Å²) in [5.41, 5.74) is 0.741. The first-order chi connectivity index (χ1) is 10.1. The van der Waals surface area contributed by atoms with E-state index in [0.29, 0.717) is 24.5 Å². The Morgan fingerprint density at radius 3 is 2.90 bits per heavy atom. The van der Waals surface area contributed by atoms with Crippen LogP contribution in [0.4, 0.5) is 0 Å². The molecule has 5 nitrogen and oxygen atoms in total. The van der Waals surface area contributed by atoms with Gasteiger partial charge in [-0.1, -0.05) is 11.6 Å². The molecule has 21 heavy (non-hydrogen) atoms. The smallest absolute Gasteiger partial charge is 0.337 e. The van der Waals surface area contributed by atoms with E-state index in [1.54, 1.807) is 19.2 Å². The quantitative estimate of drug-likeness (QED) is 0.769. The molecular formula is C15H16ClNO4. The lowest BCUT2D eigenvalue weighted by Crippen LogP contribution is -2.18. The number of hydrogen-bond donors (Lipinski definition) is 2. The fraction of sp³-hybridized carbons (Fsp3) is 0.267. The third-order valence-corrected chi connectivity index (χ3v) is 3.25. The number of methoxy groups -OCH3 is 1. The van der Waals surface area contributed by atoms with Crippen molar-refractivity contribution in [2.24, 2.45) is 0 Å². The summed E-state index contributed by atoms with van der Waals surface area (Å²) >= 11 is 5.85. The zero-order chi connectivity index (χ0) is 15.2. The van der Waals surface area contributed by atoms with Crippen LogP contribution in [0.25, 0.3) is 11.3 Å². The fourth-order valence-electron chi connectivity index (χ4n) is 1.86. The highest BCUT2D eigenvalue weighted by Gasteiger charge is 2.12. The van der Waals surface area contributed by atoms with E-state index in [-0.39, 0.29) is 10.6 Å². The van der Waals surface area contributed by atoms with Gasteiger partial charge >= 0.3 is 5.97 Å². The van der Waals surface area contributed by atoms with Crippen LogP contribution in [0.3, 0.4) is 0 Å². The van der Waals surface area contributed by atoms with E-state index >= 15 is 0 Å². The van der Waals surface area contributed by atoms with Gasteiger partial charge in [0, 0.05) is 19.2 Å². The standard InChI is InChI=1S/C15H16ClNO4/c1-20-7-6-17-9-11-3-5-14(21-11)10-2-4-13(16)12(8-10)15(18)19/h2-5,8,17H,6-7,9H2,1H3,(H,18,19). The lowest BCUT2D eigenvalue weighted by Gasteiger charge is -2.03. The average Bonchev–Trinajstić information content (AvgIpc) is 2.92. The molecule has 2 rings (SSSR count). The van der Waals surface area contributed by atoms with Gasteiger partial charge in [-0.05, 0) is 30.3 Å². The molecule has 0 bridgehead atoms. The van der Waals surface area contributed by atoms with E-state index in [0.717, 1.165) is 12.3 Å².